The molecule has 2 aromatic carbocycles. The fourth-order valence-corrected chi connectivity index (χ4v) is 3.25. The summed E-state index contributed by atoms with van der Waals surface area (Å²) in [6.45, 7) is 1.57. The van der Waals surface area contributed by atoms with Crippen molar-refractivity contribution >= 4 is 11.6 Å². The van der Waals surface area contributed by atoms with Crippen molar-refractivity contribution in [3.05, 3.63) is 71.5 Å². The summed E-state index contributed by atoms with van der Waals surface area (Å²) < 4.78 is 31.4. The molecule has 1 amide bonds. The molecule has 1 heterocycles. The van der Waals surface area contributed by atoms with Crippen molar-refractivity contribution in [1.82, 2.24) is 14.7 Å². The fraction of sp³-hybridized carbons (Fsp3) is 0.273. The van der Waals surface area contributed by atoms with Crippen LogP contribution in [0.4, 0.5) is 14.5 Å². The minimum absolute atomic E-state index is 0.0701. The van der Waals surface area contributed by atoms with Gasteiger partial charge in [-0.25, -0.2) is 4.68 Å². The number of likely N-dealkylation sites (N-methyl/N-ethyl adjacent to an activating group) is 1. The summed E-state index contributed by atoms with van der Waals surface area (Å²) in [4.78, 5) is 14.3. The average Bonchev–Trinajstić information content (AvgIpc) is 2.98. The molecule has 8 heteroatoms. The quantitative estimate of drug-likeness (QED) is 0.601. The number of carbonyl (C=O) groups excluding carboxylic acids is 1. The van der Waals surface area contributed by atoms with Gasteiger partial charge in [0.15, 0.2) is 0 Å². The fourth-order valence-electron chi connectivity index (χ4n) is 3.25. The molecule has 0 aliphatic carbocycles. The molecule has 0 saturated carbocycles. The molecule has 1 aromatic heterocycles. The number of aryl methyl sites for hydroxylation is 1. The van der Waals surface area contributed by atoms with Crippen LogP contribution in [0.15, 0.2) is 54.6 Å². The number of ether oxygens (including phenoxy) is 1. The number of amides is 1. The number of rotatable bonds is 8. The number of alkyl halides is 2. The van der Waals surface area contributed by atoms with Gasteiger partial charge in [-0.1, -0.05) is 30.3 Å². The van der Waals surface area contributed by atoms with Gasteiger partial charge in [0, 0.05) is 17.8 Å². The van der Waals surface area contributed by atoms with E-state index in [1.165, 1.54) is 12.1 Å². The average molecular weight is 414 g/mol. The Morgan fingerprint density at radius 3 is 2.50 bits per heavy atom. The molecule has 0 unspecified atom stereocenters. The van der Waals surface area contributed by atoms with Crippen LogP contribution in [0.5, 0.6) is 5.75 Å². The molecule has 0 bridgehead atoms. The first-order chi connectivity index (χ1) is 14.3. The number of anilines is 1. The van der Waals surface area contributed by atoms with E-state index in [1.54, 1.807) is 12.1 Å². The van der Waals surface area contributed by atoms with E-state index in [9.17, 15) is 13.6 Å². The maximum Gasteiger partial charge on any atom is 0.387 e. The Morgan fingerprint density at radius 1 is 1.13 bits per heavy atom. The van der Waals surface area contributed by atoms with Crippen LogP contribution in [0.3, 0.4) is 0 Å². The van der Waals surface area contributed by atoms with Gasteiger partial charge in [0.2, 0.25) is 5.91 Å². The molecule has 0 spiro atoms. The Balaban J connectivity index is 1.66. The minimum atomic E-state index is -2.96. The summed E-state index contributed by atoms with van der Waals surface area (Å²) in [6.07, 6.45) is 0. The normalized spacial score (nSPS) is 11.2. The maximum absolute atomic E-state index is 12.5. The predicted octanol–water partition coefficient (Wildman–Crippen LogP) is 4.16. The summed E-state index contributed by atoms with van der Waals surface area (Å²) >= 11 is 0. The number of para-hydroxylation sites is 3. The summed E-state index contributed by atoms with van der Waals surface area (Å²) in [5, 5.41) is 7.25. The lowest BCUT2D eigenvalue weighted by atomic mass is 10.2. The number of carbonyl (C=O) groups is 1. The first-order valence-electron chi connectivity index (χ1n) is 9.48. The van der Waals surface area contributed by atoms with Crippen molar-refractivity contribution in [2.24, 2.45) is 0 Å². The Labute approximate surface area is 174 Å². The van der Waals surface area contributed by atoms with E-state index in [0.717, 1.165) is 22.6 Å². The number of benzene rings is 2. The third-order valence-corrected chi connectivity index (χ3v) is 4.66. The topological polar surface area (TPSA) is 59.4 Å². The van der Waals surface area contributed by atoms with Gasteiger partial charge >= 0.3 is 6.61 Å². The summed E-state index contributed by atoms with van der Waals surface area (Å²) in [6, 6.07) is 15.9. The van der Waals surface area contributed by atoms with Gasteiger partial charge in [-0.05, 0) is 45.2 Å². The molecule has 0 radical (unpaired) electrons. The standard InChI is InChI=1S/C22H24F2N4O2/c1-15-18(16(2)28(26-15)17-9-5-4-6-10-17)13-27(3)14-21(29)25-19-11-7-8-12-20(19)30-22(23)24/h4-12,22H,13-14H2,1-3H3,(H,25,29). The van der Waals surface area contributed by atoms with E-state index in [4.69, 9.17) is 0 Å². The lowest BCUT2D eigenvalue weighted by Gasteiger charge is -2.18. The molecule has 1 N–H and O–H groups in total. The van der Waals surface area contributed by atoms with Crippen molar-refractivity contribution in [2.45, 2.75) is 27.0 Å². The summed E-state index contributed by atoms with van der Waals surface area (Å²) in [7, 11) is 1.82. The molecule has 0 aliphatic heterocycles. The molecular formula is C22H24F2N4O2. The number of hydrogen-bond donors (Lipinski definition) is 1. The molecule has 0 atom stereocenters. The Hall–Kier alpha value is -3.26. The molecule has 0 saturated heterocycles. The van der Waals surface area contributed by atoms with E-state index in [0.29, 0.717) is 6.54 Å². The molecule has 0 aliphatic rings. The first kappa shape index (κ1) is 21.4. The number of nitrogens with one attached hydrogen (secondary N) is 1. The van der Waals surface area contributed by atoms with Crippen molar-refractivity contribution in [2.75, 3.05) is 18.9 Å². The molecule has 6 nitrogen and oxygen atoms in total. The van der Waals surface area contributed by atoms with E-state index < -0.39 is 6.61 Å². The molecule has 3 rings (SSSR count). The van der Waals surface area contributed by atoms with Gasteiger partial charge in [-0.3, -0.25) is 9.69 Å². The van der Waals surface area contributed by atoms with Crippen molar-refractivity contribution in [3.63, 3.8) is 0 Å². The second kappa shape index (κ2) is 9.49. The van der Waals surface area contributed by atoms with Crippen LogP contribution in [0.1, 0.15) is 17.0 Å². The molecule has 30 heavy (non-hydrogen) atoms. The number of nitrogens with zero attached hydrogens (tertiary/aromatic N) is 3. The zero-order valence-electron chi connectivity index (χ0n) is 17.1. The van der Waals surface area contributed by atoms with E-state index in [2.05, 4.69) is 15.2 Å². The maximum atomic E-state index is 12.5. The van der Waals surface area contributed by atoms with Gasteiger partial charge in [0.1, 0.15) is 5.75 Å². The zero-order valence-corrected chi connectivity index (χ0v) is 17.1. The molecule has 3 aromatic rings. The van der Waals surface area contributed by atoms with Crippen LogP contribution in [-0.2, 0) is 11.3 Å². The SMILES string of the molecule is Cc1nn(-c2ccccc2)c(C)c1CN(C)CC(=O)Nc1ccccc1OC(F)F. The largest absolute Gasteiger partial charge is 0.433 e. The number of halogens is 2. The minimum Gasteiger partial charge on any atom is -0.433 e. The predicted molar refractivity (Wildman–Crippen MR) is 111 cm³/mol. The van der Waals surface area contributed by atoms with Gasteiger partial charge < -0.3 is 10.1 Å². The Kier molecular flexibility index (Phi) is 6.79. The summed E-state index contributed by atoms with van der Waals surface area (Å²) in [5.74, 6) is -0.395. The summed E-state index contributed by atoms with van der Waals surface area (Å²) in [5.41, 5.74) is 4.11. The smallest absolute Gasteiger partial charge is 0.387 e. The van der Waals surface area contributed by atoms with E-state index in [-0.39, 0.29) is 23.9 Å². The highest BCUT2D eigenvalue weighted by molar-refractivity contribution is 5.93. The number of hydrogen-bond acceptors (Lipinski definition) is 4. The van der Waals surface area contributed by atoms with Crippen LogP contribution in [-0.4, -0.2) is 40.8 Å². The Bertz CT molecular complexity index is 1010. The van der Waals surface area contributed by atoms with E-state index >= 15 is 0 Å². The van der Waals surface area contributed by atoms with Gasteiger partial charge in [-0.2, -0.15) is 13.9 Å². The Morgan fingerprint density at radius 2 is 1.80 bits per heavy atom. The van der Waals surface area contributed by atoms with Crippen molar-refractivity contribution < 1.29 is 18.3 Å². The second-order valence-electron chi connectivity index (χ2n) is 6.99. The molecule has 0 fully saturated rings. The third kappa shape index (κ3) is 5.21. The van der Waals surface area contributed by atoms with Crippen molar-refractivity contribution in [3.8, 4) is 11.4 Å². The number of aromatic nitrogens is 2. The van der Waals surface area contributed by atoms with Crippen LogP contribution < -0.4 is 10.1 Å². The van der Waals surface area contributed by atoms with Crippen molar-refractivity contribution in [1.29, 1.82) is 0 Å². The van der Waals surface area contributed by atoms with Crippen LogP contribution in [0, 0.1) is 13.8 Å². The highest BCUT2D eigenvalue weighted by Crippen LogP contribution is 2.25. The van der Waals surface area contributed by atoms with Gasteiger partial charge in [0.05, 0.1) is 23.6 Å². The van der Waals surface area contributed by atoms with Crippen LogP contribution in [0.25, 0.3) is 5.69 Å². The van der Waals surface area contributed by atoms with Gasteiger partial charge in [-0.15, -0.1) is 0 Å². The van der Waals surface area contributed by atoms with Crippen LogP contribution >= 0.6 is 0 Å². The lowest BCUT2D eigenvalue weighted by Crippen LogP contribution is -2.30. The molecule has 158 valence electrons. The molecular weight excluding hydrogens is 390 g/mol. The second-order valence-corrected chi connectivity index (χ2v) is 6.99. The van der Waals surface area contributed by atoms with Gasteiger partial charge in [0.25, 0.3) is 0 Å². The lowest BCUT2D eigenvalue weighted by molar-refractivity contribution is -0.117. The van der Waals surface area contributed by atoms with Crippen LogP contribution in [0.2, 0.25) is 0 Å². The third-order valence-electron chi connectivity index (χ3n) is 4.66. The highest BCUT2D eigenvalue weighted by atomic mass is 19.3. The highest BCUT2D eigenvalue weighted by Gasteiger charge is 2.17. The zero-order chi connectivity index (χ0) is 21.7. The van der Waals surface area contributed by atoms with E-state index in [1.807, 2.05) is 60.8 Å². The first-order valence-corrected chi connectivity index (χ1v) is 9.48. The monoisotopic (exact) mass is 414 g/mol.